The summed E-state index contributed by atoms with van der Waals surface area (Å²) in [5.41, 5.74) is 0. The van der Waals surface area contributed by atoms with Crippen molar-refractivity contribution in [2.45, 2.75) is 37.0 Å². The van der Waals surface area contributed by atoms with Gasteiger partial charge >= 0.3 is 5.97 Å². The van der Waals surface area contributed by atoms with Crippen molar-refractivity contribution in [1.82, 2.24) is 5.32 Å². The molecule has 0 saturated heterocycles. The normalized spacial score (nSPS) is 23.0. The maximum atomic E-state index is 12.0. The van der Waals surface area contributed by atoms with Crippen molar-refractivity contribution >= 4 is 23.6 Å². The van der Waals surface area contributed by atoms with Crippen molar-refractivity contribution in [2.75, 3.05) is 6.26 Å². The lowest BCUT2D eigenvalue weighted by Crippen LogP contribution is -2.43. The molecule has 0 bridgehead atoms. The molecular formula is C13H17NO4S. The van der Waals surface area contributed by atoms with Crippen LogP contribution in [-0.4, -0.2) is 34.5 Å². The molecule has 0 aliphatic heterocycles. The van der Waals surface area contributed by atoms with Gasteiger partial charge in [-0.05, 0) is 31.2 Å². The van der Waals surface area contributed by atoms with Gasteiger partial charge in [-0.2, -0.15) is 11.8 Å². The van der Waals surface area contributed by atoms with E-state index in [0.29, 0.717) is 5.25 Å². The minimum absolute atomic E-state index is 0.0582. The van der Waals surface area contributed by atoms with Crippen LogP contribution in [0.15, 0.2) is 16.5 Å². The van der Waals surface area contributed by atoms with E-state index in [1.807, 2.05) is 6.26 Å². The number of nitrogens with one attached hydrogen (secondary N) is 1. The number of amides is 1. The third-order valence-corrected chi connectivity index (χ3v) is 4.53. The minimum atomic E-state index is -1.17. The molecule has 1 aliphatic carbocycles. The predicted molar refractivity (Wildman–Crippen MR) is 72.7 cm³/mol. The van der Waals surface area contributed by atoms with Crippen LogP contribution >= 0.6 is 11.8 Å². The van der Waals surface area contributed by atoms with Crippen molar-refractivity contribution in [3.05, 3.63) is 23.7 Å². The van der Waals surface area contributed by atoms with Crippen LogP contribution < -0.4 is 5.32 Å². The number of thioether (sulfide) groups is 1. The molecule has 2 N–H and O–H groups in total. The summed E-state index contributed by atoms with van der Waals surface area (Å²) in [4.78, 5) is 22.7. The summed E-state index contributed by atoms with van der Waals surface area (Å²) in [6, 6.07) is 2.83. The number of hydrogen-bond donors (Lipinski definition) is 2. The number of rotatable bonds is 4. The van der Waals surface area contributed by atoms with E-state index in [0.717, 1.165) is 19.3 Å². The monoisotopic (exact) mass is 283 g/mol. The fraction of sp³-hybridized carbons (Fsp3) is 0.538. The molecule has 2 atom stereocenters. The Balaban J connectivity index is 2.01. The zero-order valence-electron chi connectivity index (χ0n) is 10.7. The standard InChI is InChI=1S/C13H17NO4S/c1-19-11-5-3-2-4-8(11)14-12(15)9-6-7-10(18-9)13(16)17/h6-8,11H,2-5H2,1H3,(H,14,15)(H,16,17). The predicted octanol–water partition coefficient (Wildman–Crippen LogP) is 2.38. The van der Waals surface area contributed by atoms with Gasteiger partial charge in [0.25, 0.3) is 5.91 Å². The highest BCUT2D eigenvalue weighted by atomic mass is 32.2. The van der Waals surface area contributed by atoms with Gasteiger partial charge in [0.05, 0.1) is 0 Å². The average molecular weight is 283 g/mol. The van der Waals surface area contributed by atoms with Crippen LogP contribution in [0.2, 0.25) is 0 Å². The van der Waals surface area contributed by atoms with Gasteiger partial charge < -0.3 is 14.8 Å². The van der Waals surface area contributed by atoms with Crippen molar-refractivity contribution in [2.24, 2.45) is 0 Å². The van der Waals surface area contributed by atoms with Gasteiger partial charge in [0, 0.05) is 11.3 Å². The van der Waals surface area contributed by atoms with Gasteiger partial charge in [0.15, 0.2) is 5.76 Å². The number of hydrogen-bond acceptors (Lipinski definition) is 4. The molecule has 1 saturated carbocycles. The first-order chi connectivity index (χ1) is 9.11. The molecule has 1 aromatic rings. The Morgan fingerprint density at radius 1 is 1.32 bits per heavy atom. The van der Waals surface area contributed by atoms with E-state index in [2.05, 4.69) is 5.32 Å². The third-order valence-electron chi connectivity index (χ3n) is 3.36. The van der Waals surface area contributed by atoms with E-state index in [-0.39, 0.29) is 23.5 Å². The second-order valence-electron chi connectivity index (χ2n) is 4.61. The Labute approximate surface area is 115 Å². The summed E-state index contributed by atoms with van der Waals surface area (Å²) in [6.07, 6.45) is 6.42. The van der Waals surface area contributed by atoms with E-state index >= 15 is 0 Å². The van der Waals surface area contributed by atoms with E-state index in [1.165, 1.54) is 18.6 Å². The highest BCUT2D eigenvalue weighted by molar-refractivity contribution is 7.99. The first kappa shape index (κ1) is 14.0. The minimum Gasteiger partial charge on any atom is -0.475 e. The van der Waals surface area contributed by atoms with E-state index in [1.54, 1.807) is 11.8 Å². The highest BCUT2D eigenvalue weighted by Gasteiger charge is 2.27. The summed E-state index contributed by atoms with van der Waals surface area (Å²) in [7, 11) is 0. The highest BCUT2D eigenvalue weighted by Crippen LogP contribution is 2.27. The Morgan fingerprint density at radius 3 is 2.63 bits per heavy atom. The maximum absolute atomic E-state index is 12.0. The topological polar surface area (TPSA) is 79.5 Å². The Morgan fingerprint density at radius 2 is 2.00 bits per heavy atom. The van der Waals surface area contributed by atoms with Gasteiger partial charge in [0.1, 0.15) is 0 Å². The van der Waals surface area contributed by atoms with Gasteiger partial charge in [-0.15, -0.1) is 0 Å². The van der Waals surface area contributed by atoms with E-state index in [9.17, 15) is 9.59 Å². The molecule has 19 heavy (non-hydrogen) atoms. The SMILES string of the molecule is CSC1CCCCC1NC(=O)c1ccc(C(=O)O)o1. The molecule has 2 unspecified atom stereocenters. The van der Waals surface area contributed by atoms with E-state index < -0.39 is 5.97 Å². The molecule has 0 aromatic carbocycles. The summed E-state index contributed by atoms with van der Waals surface area (Å²) in [6.45, 7) is 0. The van der Waals surface area contributed by atoms with Crippen LogP contribution in [0, 0.1) is 0 Å². The van der Waals surface area contributed by atoms with Crippen LogP contribution in [0.25, 0.3) is 0 Å². The lowest BCUT2D eigenvalue weighted by molar-refractivity contribution is 0.0659. The molecule has 6 heteroatoms. The van der Waals surface area contributed by atoms with Crippen molar-refractivity contribution in [1.29, 1.82) is 0 Å². The number of carbonyl (C=O) groups is 2. The van der Waals surface area contributed by atoms with Crippen molar-refractivity contribution in [3.63, 3.8) is 0 Å². The number of carbonyl (C=O) groups excluding carboxylic acids is 1. The largest absolute Gasteiger partial charge is 0.475 e. The summed E-state index contributed by atoms with van der Waals surface area (Å²) < 4.78 is 5.00. The van der Waals surface area contributed by atoms with Crippen LogP contribution in [0.4, 0.5) is 0 Å². The van der Waals surface area contributed by atoms with Crippen LogP contribution in [0.1, 0.15) is 46.8 Å². The first-order valence-electron chi connectivity index (χ1n) is 6.28. The Hall–Kier alpha value is -1.43. The van der Waals surface area contributed by atoms with Gasteiger partial charge in [-0.1, -0.05) is 12.8 Å². The van der Waals surface area contributed by atoms with Gasteiger partial charge in [-0.25, -0.2) is 4.79 Å². The summed E-state index contributed by atoms with van der Waals surface area (Å²) in [5, 5.41) is 12.1. The quantitative estimate of drug-likeness (QED) is 0.887. The van der Waals surface area contributed by atoms with Crippen LogP contribution in [-0.2, 0) is 0 Å². The van der Waals surface area contributed by atoms with E-state index in [4.69, 9.17) is 9.52 Å². The molecule has 1 aliphatic rings. The fourth-order valence-corrected chi connectivity index (χ4v) is 3.29. The Kier molecular flexibility index (Phi) is 4.52. The second kappa shape index (κ2) is 6.14. The molecule has 104 valence electrons. The van der Waals surface area contributed by atoms with Gasteiger partial charge in [0.2, 0.25) is 5.76 Å². The maximum Gasteiger partial charge on any atom is 0.371 e. The Bertz CT molecular complexity index is 471. The van der Waals surface area contributed by atoms with Crippen LogP contribution in [0.5, 0.6) is 0 Å². The molecular weight excluding hydrogens is 266 g/mol. The molecule has 0 radical (unpaired) electrons. The van der Waals surface area contributed by atoms with Crippen molar-refractivity contribution < 1.29 is 19.1 Å². The number of carboxylic acid groups (broad SMARTS) is 1. The van der Waals surface area contributed by atoms with Crippen LogP contribution in [0.3, 0.4) is 0 Å². The molecule has 2 rings (SSSR count). The molecule has 1 amide bonds. The van der Waals surface area contributed by atoms with Crippen molar-refractivity contribution in [3.8, 4) is 0 Å². The number of aromatic carboxylic acids is 1. The third kappa shape index (κ3) is 3.32. The average Bonchev–Trinajstić information content (AvgIpc) is 2.89. The molecule has 5 nitrogen and oxygen atoms in total. The fourth-order valence-electron chi connectivity index (χ4n) is 2.36. The summed E-state index contributed by atoms with van der Waals surface area (Å²) >= 11 is 1.76. The first-order valence-corrected chi connectivity index (χ1v) is 7.57. The molecule has 1 heterocycles. The number of carboxylic acids is 1. The number of furan rings is 1. The lowest BCUT2D eigenvalue weighted by Gasteiger charge is -2.30. The molecule has 1 fully saturated rings. The zero-order chi connectivity index (χ0) is 13.8. The smallest absolute Gasteiger partial charge is 0.371 e. The lowest BCUT2D eigenvalue weighted by atomic mass is 9.95. The summed E-state index contributed by atoms with van der Waals surface area (Å²) in [5.74, 6) is -1.66. The molecule has 1 aromatic heterocycles. The van der Waals surface area contributed by atoms with Gasteiger partial charge in [-0.3, -0.25) is 4.79 Å². The molecule has 0 spiro atoms. The zero-order valence-corrected chi connectivity index (χ0v) is 11.5. The second-order valence-corrected chi connectivity index (χ2v) is 5.68.